The van der Waals surface area contributed by atoms with Crippen LogP contribution in [0.1, 0.15) is 101 Å². The fourth-order valence-corrected chi connectivity index (χ4v) is 7.60. The van der Waals surface area contributed by atoms with Crippen LogP contribution in [-0.4, -0.2) is 63.5 Å². The molecule has 1 N–H and O–H groups in total. The highest BCUT2D eigenvalue weighted by Gasteiger charge is 2.51. The zero-order valence-electron chi connectivity index (χ0n) is 23.0. The van der Waals surface area contributed by atoms with Gasteiger partial charge in [0.2, 0.25) is 0 Å². The molecule has 3 saturated heterocycles. The summed E-state index contributed by atoms with van der Waals surface area (Å²) in [6.07, 6.45) is 13.1. The third kappa shape index (κ3) is 4.80. The van der Waals surface area contributed by atoms with Crippen molar-refractivity contribution < 1.29 is 14.3 Å². The van der Waals surface area contributed by atoms with Crippen LogP contribution >= 0.6 is 0 Å². The molecule has 2 bridgehead atoms. The highest BCUT2D eigenvalue weighted by atomic mass is 16.8. The van der Waals surface area contributed by atoms with E-state index in [9.17, 15) is 9.59 Å². The number of fused-ring (bicyclic) bond motifs is 3. The first-order chi connectivity index (χ1) is 18.4. The number of benzene rings is 1. The molecule has 1 aliphatic carbocycles. The number of hydrogen-bond donors (Lipinski definition) is 1. The van der Waals surface area contributed by atoms with Crippen molar-refractivity contribution in [2.24, 2.45) is 0 Å². The quantitative estimate of drug-likeness (QED) is 0.560. The van der Waals surface area contributed by atoms with E-state index in [0.717, 1.165) is 18.4 Å². The summed E-state index contributed by atoms with van der Waals surface area (Å²) in [5, 5.41) is 3.00. The van der Waals surface area contributed by atoms with E-state index in [1.165, 1.54) is 57.8 Å². The van der Waals surface area contributed by atoms with Gasteiger partial charge in [0.15, 0.2) is 12.0 Å². The molecule has 8 heteroatoms. The van der Waals surface area contributed by atoms with Gasteiger partial charge in [-0.05, 0) is 64.5 Å². The molecule has 206 valence electrons. The van der Waals surface area contributed by atoms with Crippen LogP contribution in [0.2, 0.25) is 0 Å². The molecule has 4 aliphatic rings. The van der Waals surface area contributed by atoms with Crippen LogP contribution in [0.15, 0.2) is 29.1 Å². The van der Waals surface area contributed by atoms with Gasteiger partial charge >= 0.3 is 0 Å². The molecule has 1 aromatic carbocycles. The number of piperidine rings is 1. The highest BCUT2D eigenvalue weighted by Crippen LogP contribution is 2.44. The van der Waals surface area contributed by atoms with Gasteiger partial charge in [-0.2, -0.15) is 0 Å². The topological polar surface area (TPSA) is 89.0 Å². The third-order valence-corrected chi connectivity index (χ3v) is 9.47. The first-order valence-corrected chi connectivity index (χ1v) is 14.7. The average molecular weight is 523 g/mol. The summed E-state index contributed by atoms with van der Waals surface area (Å²) in [5.41, 5.74) is 0.482. The number of hydrogen-bond acceptors (Lipinski definition) is 6. The van der Waals surface area contributed by atoms with Crippen molar-refractivity contribution in [2.45, 2.75) is 127 Å². The minimum absolute atomic E-state index is 0.0406. The van der Waals surface area contributed by atoms with E-state index >= 15 is 0 Å². The monoisotopic (exact) mass is 522 g/mol. The first-order valence-electron chi connectivity index (χ1n) is 14.7. The number of ether oxygens (including phenoxy) is 2. The van der Waals surface area contributed by atoms with E-state index in [-0.39, 0.29) is 29.7 Å². The van der Waals surface area contributed by atoms with Crippen LogP contribution in [0.3, 0.4) is 0 Å². The van der Waals surface area contributed by atoms with Crippen molar-refractivity contribution in [3.8, 4) is 0 Å². The zero-order valence-corrected chi connectivity index (χ0v) is 23.0. The smallest absolute Gasteiger partial charge is 0.282 e. The van der Waals surface area contributed by atoms with Crippen LogP contribution in [0.25, 0.3) is 11.0 Å². The molecule has 3 aliphatic heterocycles. The number of amides is 1. The normalized spacial score (nSPS) is 30.7. The van der Waals surface area contributed by atoms with E-state index in [1.54, 1.807) is 7.11 Å². The molecule has 5 atom stereocenters. The fraction of sp³-hybridized carbons (Fsp3) is 0.700. The maximum Gasteiger partial charge on any atom is 0.282 e. The van der Waals surface area contributed by atoms with E-state index in [2.05, 4.69) is 15.2 Å². The molecule has 1 aromatic heterocycles. The lowest BCUT2D eigenvalue weighted by atomic mass is 9.89. The summed E-state index contributed by atoms with van der Waals surface area (Å²) in [6, 6.07) is 9.52. The Hall–Kier alpha value is -2.29. The number of nitrogens with one attached hydrogen (secondary N) is 1. The molecule has 4 fully saturated rings. The Labute approximate surface area is 225 Å². The predicted molar refractivity (Wildman–Crippen MR) is 146 cm³/mol. The molecule has 1 amide bonds. The molecule has 0 spiro atoms. The standard InChI is InChI=1S/C30H42N4O4/c1-30(2,26-29(37-3)38-26)32-27(35)25-28(36)34(24-14-10-9-13-23(24)31-25)22-17-20-15-16-21(18-22)33(20)19-11-7-5-4-6-8-12-19/h9-10,13-14,19-22,26,29H,4-8,11-12,15-18H2,1-3H3,(H,32,35)/t20-,21+,22+,26?,29?. The van der Waals surface area contributed by atoms with Gasteiger partial charge in [-0.3, -0.25) is 14.5 Å². The van der Waals surface area contributed by atoms with Gasteiger partial charge in [-0.15, -0.1) is 0 Å². The average Bonchev–Trinajstić information content (AvgIpc) is 3.63. The molecule has 38 heavy (non-hydrogen) atoms. The Morgan fingerprint density at radius 1 is 0.974 bits per heavy atom. The van der Waals surface area contributed by atoms with Crippen LogP contribution in [0.4, 0.5) is 0 Å². The number of carbonyl (C=O) groups is 1. The SMILES string of the molecule is COC1OC1C(C)(C)NC(=O)c1nc2ccccc2n([C@H]2C[C@H]3CC[C@@H](C2)N3C2CCCCCCC2)c1=O. The third-order valence-electron chi connectivity index (χ3n) is 9.47. The Kier molecular flexibility index (Phi) is 7.08. The number of nitrogens with zero attached hydrogens (tertiary/aromatic N) is 3. The van der Waals surface area contributed by atoms with E-state index in [0.29, 0.717) is 23.6 Å². The minimum Gasteiger partial charge on any atom is -0.353 e. The molecule has 0 radical (unpaired) electrons. The van der Waals surface area contributed by atoms with E-state index < -0.39 is 11.4 Å². The second kappa shape index (κ2) is 10.4. The maximum absolute atomic E-state index is 14.0. The Balaban J connectivity index is 1.29. The molecular formula is C30H42N4O4. The highest BCUT2D eigenvalue weighted by molar-refractivity contribution is 5.94. The number of carbonyl (C=O) groups excluding carboxylic acids is 1. The first kappa shape index (κ1) is 26.0. The van der Waals surface area contributed by atoms with Crippen LogP contribution in [0.5, 0.6) is 0 Å². The van der Waals surface area contributed by atoms with E-state index in [4.69, 9.17) is 9.47 Å². The number of epoxide rings is 1. The molecule has 2 aromatic rings. The summed E-state index contributed by atoms with van der Waals surface area (Å²) in [7, 11) is 1.59. The molecular weight excluding hydrogens is 480 g/mol. The largest absolute Gasteiger partial charge is 0.353 e. The Morgan fingerprint density at radius 3 is 2.29 bits per heavy atom. The second-order valence-electron chi connectivity index (χ2n) is 12.4. The van der Waals surface area contributed by atoms with Gasteiger partial charge in [0.05, 0.1) is 16.6 Å². The Morgan fingerprint density at radius 2 is 1.63 bits per heavy atom. The van der Waals surface area contributed by atoms with Crippen molar-refractivity contribution in [1.82, 2.24) is 19.8 Å². The number of rotatable bonds is 6. The molecule has 8 nitrogen and oxygen atoms in total. The lowest BCUT2D eigenvalue weighted by Gasteiger charge is -2.45. The van der Waals surface area contributed by atoms with Crippen LogP contribution in [0, 0.1) is 0 Å². The summed E-state index contributed by atoms with van der Waals surface area (Å²) < 4.78 is 12.7. The molecule has 1 saturated carbocycles. The van der Waals surface area contributed by atoms with Crippen molar-refractivity contribution in [3.63, 3.8) is 0 Å². The number of para-hydroxylation sites is 2. The van der Waals surface area contributed by atoms with Gasteiger partial charge in [-0.1, -0.05) is 44.2 Å². The van der Waals surface area contributed by atoms with Crippen molar-refractivity contribution >= 4 is 16.9 Å². The summed E-state index contributed by atoms with van der Waals surface area (Å²) >= 11 is 0. The van der Waals surface area contributed by atoms with Gasteiger partial charge < -0.3 is 19.4 Å². The maximum atomic E-state index is 14.0. The van der Waals surface area contributed by atoms with Gasteiger partial charge in [0.1, 0.15) is 6.10 Å². The fourth-order valence-electron chi connectivity index (χ4n) is 7.60. The van der Waals surface area contributed by atoms with Gasteiger partial charge in [0, 0.05) is 31.3 Å². The van der Waals surface area contributed by atoms with Crippen molar-refractivity contribution in [3.05, 3.63) is 40.3 Å². The lowest BCUT2D eigenvalue weighted by Crippen LogP contribution is -2.52. The summed E-state index contributed by atoms with van der Waals surface area (Å²) in [5.74, 6) is -0.459. The van der Waals surface area contributed by atoms with Gasteiger partial charge in [-0.25, -0.2) is 4.98 Å². The second-order valence-corrected chi connectivity index (χ2v) is 12.4. The van der Waals surface area contributed by atoms with Crippen molar-refractivity contribution in [1.29, 1.82) is 0 Å². The minimum atomic E-state index is -0.690. The lowest BCUT2D eigenvalue weighted by molar-refractivity contribution is 0.0496. The molecule has 2 unspecified atom stereocenters. The molecule has 6 rings (SSSR count). The zero-order chi connectivity index (χ0) is 26.4. The number of methoxy groups -OCH3 is 1. The summed E-state index contributed by atoms with van der Waals surface area (Å²) in [6.45, 7) is 3.77. The van der Waals surface area contributed by atoms with Crippen molar-refractivity contribution in [2.75, 3.05) is 7.11 Å². The Bertz CT molecular complexity index is 1220. The predicted octanol–water partition coefficient (Wildman–Crippen LogP) is 4.56. The van der Waals surface area contributed by atoms with E-state index in [1.807, 2.05) is 42.7 Å². The summed E-state index contributed by atoms with van der Waals surface area (Å²) in [4.78, 5) is 34.9. The number of aromatic nitrogens is 2. The van der Waals surface area contributed by atoms with Crippen LogP contribution < -0.4 is 10.9 Å². The molecule has 4 heterocycles. The van der Waals surface area contributed by atoms with Crippen LogP contribution in [-0.2, 0) is 9.47 Å². The van der Waals surface area contributed by atoms with Gasteiger partial charge in [0.25, 0.3) is 11.5 Å².